The molecule has 0 unspecified atom stereocenters. The Hall–Kier alpha value is -6.63. The highest BCUT2D eigenvalue weighted by molar-refractivity contribution is 6.28. The van der Waals surface area contributed by atoms with Crippen molar-refractivity contribution in [3.05, 3.63) is 112 Å². The molecule has 0 aliphatic carbocycles. The molecule has 0 saturated heterocycles. The highest BCUT2D eigenvalue weighted by atomic mass is 35.5. The summed E-state index contributed by atoms with van der Waals surface area (Å²) in [7, 11) is 4.21. The molecule has 67 heavy (non-hydrogen) atoms. The van der Waals surface area contributed by atoms with Crippen LogP contribution < -0.4 is 21.7 Å². The van der Waals surface area contributed by atoms with E-state index in [0.717, 1.165) is 89.9 Å². The third kappa shape index (κ3) is 15.2. The molecule has 0 spiro atoms. The molecule has 356 valence electrons. The lowest BCUT2D eigenvalue weighted by molar-refractivity contribution is 0.0512. The highest BCUT2D eigenvalue weighted by Gasteiger charge is 2.19. The van der Waals surface area contributed by atoms with Crippen LogP contribution in [0.2, 0.25) is 5.28 Å². The minimum atomic E-state index is -0.520. The number of aromatic nitrogens is 8. The third-order valence-corrected chi connectivity index (χ3v) is 10.6. The van der Waals surface area contributed by atoms with Crippen molar-refractivity contribution in [2.75, 3.05) is 38.2 Å². The average Bonchev–Trinajstić information content (AvgIpc) is 3.82. The Bertz CT molecular complexity index is 2650. The van der Waals surface area contributed by atoms with Crippen LogP contribution in [0, 0.1) is 13.8 Å². The molecule has 18 nitrogen and oxygen atoms in total. The summed E-state index contributed by atoms with van der Waals surface area (Å²) in [5.41, 5.74) is 14.6. The molecule has 0 saturated carbocycles. The van der Waals surface area contributed by atoms with Gasteiger partial charge in [-0.1, -0.05) is 24.3 Å². The number of carbonyl (C=O) groups is 2. The van der Waals surface area contributed by atoms with Crippen molar-refractivity contribution in [1.29, 1.82) is 0 Å². The van der Waals surface area contributed by atoms with E-state index in [1.165, 1.54) is 11.4 Å². The standard InChI is InChI=1S/C24H31N7O2.C17H20ClN3O2.C7H12N4/c1-16-12-17(6-7-18(16)14-26-23(32)33-24(2,3)4)20-8-9-25-22(27-20)28-21-13-19-15-30(5)10-11-31(19)29-21;1-11-9-12(14-7-8-19-15(18)21-14)5-6-13(11)10-20-16(22)23-17(2,3)4;1-10-2-3-11-6(5-10)4-7(8)9-11/h6-9,12-13H,10-11,14-15H2,1-5H3,(H,26,32)(H,25,27,28,29);5-9H,10H2,1-4H3,(H,20,22);4H,2-3,5H2,1H3,(H2,8,9). The van der Waals surface area contributed by atoms with E-state index in [1.54, 1.807) is 18.5 Å². The molecule has 2 aliphatic rings. The lowest BCUT2D eigenvalue weighted by atomic mass is 10.0. The number of nitrogens with zero attached hydrogens (tertiary/aromatic N) is 10. The van der Waals surface area contributed by atoms with Crippen LogP contribution in [0.3, 0.4) is 0 Å². The van der Waals surface area contributed by atoms with Gasteiger partial charge in [0.2, 0.25) is 11.2 Å². The molecular weight excluding hydrogens is 872 g/mol. The molecule has 2 aromatic carbocycles. The molecule has 0 fully saturated rings. The van der Waals surface area contributed by atoms with Crippen LogP contribution in [0.25, 0.3) is 22.5 Å². The highest BCUT2D eigenvalue weighted by Crippen LogP contribution is 2.25. The van der Waals surface area contributed by atoms with Gasteiger partial charge in [0.25, 0.3) is 0 Å². The van der Waals surface area contributed by atoms with Crippen LogP contribution in [0.1, 0.15) is 75.2 Å². The van der Waals surface area contributed by atoms with Gasteiger partial charge in [0, 0.05) is 74.9 Å². The Morgan fingerprint density at radius 2 is 1.16 bits per heavy atom. The Kier molecular flexibility index (Phi) is 16.2. The van der Waals surface area contributed by atoms with Crippen LogP contribution in [0.15, 0.2) is 73.1 Å². The van der Waals surface area contributed by atoms with Crippen molar-refractivity contribution >= 4 is 41.4 Å². The zero-order valence-corrected chi connectivity index (χ0v) is 40.9. The molecular formula is C48H63ClN14O4. The summed E-state index contributed by atoms with van der Waals surface area (Å²) in [6.45, 7) is 21.6. The number of nitrogens with one attached hydrogen (secondary N) is 3. The number of amides is 2. The second-order valence-corrected chi connectivity index (χ2v) is 18.9. The van der Waals surface area contributed by atoms with Crippen molar-refractivity contribution in [1.82, 2.24) is 59.9 Å². The van der Waals surface area contributed by atoms with Gasteiger partial charge >= 0.3 is 12.2 Å². The summed E-state index contributed by atoms with van der Waals surface area (Å²) >= 11 is 5.82. The monoisotopic (exact) mass is 934 g/mol. The number of carbonyl (C=O) groups excluding carboxylic acids is 2. The molecule has 4 aromatic heterocycles. The van der Waals surface area contributed by atoms with E-state index in [-0.39, 0.29) is 5.28 Å². The first-order chi connectivity index (χ1) is 31.7. The van der Waals surface area contributed by atoms with E-state index in [0.29, 0.717) is 24.9 Å². The summed E-state index contributed by atoms with van der Waals surface area (Å²) in [6.07, 6.45) is 2.51. The van der Waals surface area contributed by atoms with Crippen LogP contribution in [0.4, 0.5) is 27.2 Å². The first-order valence-corrected chi connectivity index (χ1v) is 22.5. The molecule has 5 N–H and O–H groups in total. The number of alkyl carbamates (subject to hydrolysis) is 2. The largest absolute Gasteiger partial charge is 0.444 e. The molecule has 6 aromatic rings. The fraction of sp³-hybridized carbons (Fsp3) is 0.417. The van der Waals surface area contributed by atoms with E-state index in [9.17, 15) is 9.59 Å². The lowest BCUT2D eigenvalue weighted by Crippen LogP contribution is -2.32. The quantitative estimate of drug-likeness (QED) is 0.107. The molecule has 6 heterocycles. The number of nitrogens with two attached hydrogens (primary N) is 1. The zero-order chi connectivity index (χ0) is 48.5. The first kappa shape index (κ1) is 49.8. The number of benzene rings is 2. The number of likely N-dealkylation sites (N-methyl/N-ethyl adjacent to an activating group) is 2. The number of ether oxygens (including phenoxy) is 2. The second kappa shape index (κ2) is 21.8. The van der Waals surface area contributed by atoms with Crippen molar-refractivity contribution in [3.8, 4) is 22.5 Å². The smallest absolute Gasteiger partial charge is 0.407 e. The third-order valence-electron chi connectivity index (χ3n) is 10.4. The van der Waals surface area contributed by atoms with Crippen molar-refractivity contribution in [3.63, 3.8) is 0 Å². The Morgan fingerprint density at radius 3 is 1.67 bits per heavy atom. The lowest BCUT2D eigenvalue weighted by Gasteiger charge is -2.22. The summed E-state index contributed by atoms with van der Waals surface area (Å²) in [6, 6.07) is 19.6. The summed E-state index contributed by atoms with van der Waals surface area (Å²) in [5, 5.41) is 17.8. The maximum absolute atomic E-state index is 11.9. The van der Waals surface area contributed by atoms with Crippen LogP contribution in [0.5, 0.6) is 0 Å². The van der Waals surface area contributed by atoms with E-state index >= 15 is 0 Å². The van der Waals surface area contributed by atoms with E-state index in [1.807, 2.05) is 113 Å². The summed E-state index contributed by atoms with van der Waals surface area (Å²) < 4.78 is 14.5. The van der Waals surface area contributed by atoms with Crippen molar-refractivity contribution in [2.45, 2.75) is 106 Å². The van der Waals surface area contributed by atoms with Gasteiger partial charge in [-0.05, 0) is 128 Å². The predicted molar refractivity (Wildman–Crippen MR) is 260 cm³/mol. The maximum atomic E-state index is 11.9. The SMILES string of the molecule is CN1CCn2nc(N)cc2C1.Cc1cc(-c2ccnc(Cl)n2)ccc1CNC(=O)OC(C)(C)C.Cc1cc(-c2ccnc(Nc3cc4n(n3)CCN(C)C4)n2)ccc1CNC(=O)OC(C)(C)C. The van der Waals surface area contributed by atoms with E-state index < -0.39 is 23.4 Å². The predicted octanol–water partition coefficient (Wildman–Crippen LogP) is 7.90. The number of halogens is 1. The van der Waals surface area contributed by atoms with Crippen molar-refractivity contribution in [2.24, 2.45) is 0 Å². The molecule has 2 amide bonds. The number of rotatable bonds is 8. The fourth-order valence-corrected chi connectivity index (χ4v) is 7.29. The number of hydrogen-bond donors (Lipinski definition) is 4. The van der Waals surface area contributed by atoms with E-state index in [2.05, 4.69) is 76.0 Å². The van der Waals surface area contributed by atoms with Gasteiger partial charge in [0.15, 0.2) is 5.82 Å². The van der Waals surface area contributed by atoms with Gasteiger partial charge in [0.1, 0.15) is 17.0 Å². The molecule has 0 bridgehead atoms. The van der Waals surface area contributed by atoms with Gasteiger partial charge in [-0.3, -0.25) is 19.2 Å². The van der Waals surface area contributed by atoms with E-state index in [4.69, 9.17) is 26.8 Å². The van der Waals surface area contributed by atoms with Gasteiger partial charge in [0.05, 0.1) is 35.9 Å². The molecule has 2 aliphatic heterocycles. The van der Waals surface area contributed by atoms with Crippen LogP contribution in [-0.2, 0) is 48.7 Å². The number of aryl methyl sites for hydroxylation is 2. The maximum Gasteiger partial charge on any atom is 0.407 e. The van der Waals surface area contributed by atoms with Gasteiger partial charge in [-0.2, -0.15) is 10.2 Å². The minimum absolute atomic E-state index is 0.218. The molecule has 8 rings (SSSR count). The Labute approximate surface area is 397 Å². The number of nitrogen functional groups attached to an aromatic ring is 1. The first-order valence-electron chi connectivity index (χ1n) is 22.1. The van der Waals surface area contributed by atoms with Crippen LogP contribution >= 0.6 is 11.6 Å². The summed E-state index contributed by atoms with van der Waals surface area (Å²) in [4.78, 5) is 45.3. The minimum Gasteiger partial charge on any atom is -0.444 e. The molecule has 0 radical (unpaired) electrons. The zero-order valence-electron chi connectivity index (χ0n) is 40.1. The molecule has 19 heteroatoms. The molecule has 0 atom stereocenters. The fourth-order valence-electron chi connectivity index (χ4n) is 7.14. The number of hydrogen-bond acceptors (Lipinski definition) is 14. The van der Waals surface area contributed by atoms with Gasteiger partial charge in [-0.25, -0.2) is 29.5 Å². The number of fused-ring (bicyclic) bond motifs is 2. The Morgan fingerprint density at radius 1 is 0.672 bits per heavy atom. The van der Waals surface area contributed by atoms with Gasteiger partial charge < -0.3 is 31.2 Å². The Balaban J connectivity index is 0.000000187. The average molecular weight is 936 g/mol. The second-order valence-electron chi connectivity index (χ2n) is 18.6. The van der Waals surface area contributed by atoms with Crippen LogP contribution in [-0.4, -0.2) is 99.9 Å². The summed E-state index contributed by atoms with van der Waals surface area (Å²) in [5.74, 6) is 1.89. The van der Waals surface area contributed by atoms with Crippen molar-refractivity contribution < 1.29 is 19.1 Å². The number of anilines is 3. The normalized spacial score (nSPS) is 13.7. The van der Waals surface area contributed by atoms with Gasteiger partial charge in [-0.15, -0.1) is 0 Å². The topological polar surface area (TPSA) is 208 Å².